The van der Waals surface area contributed by atoms with Crippen LogP contribution >= 0.6 is 22.9 Å². The van der Waals surface area contributed by atoms with Gasteiger partial charge in [-0.3, -0.25) is 0 Å². The second-order valence-electron chi connectivity index (χ2n) is 3.54. The van der Waals surface area contributed by atoms with Gasteiger partial charge in [0.15, 0.2) is 8.68 Å². The fourth-order valence-corrected chi connectivity index (χ4v) is 4.86. The van der Waals surface area contributed by atoms with E-state index in [9.17, 15) is 8.42 Å². The number of nitrogens with zero attached hydrogens (tertiary/aromatic N) is 2. The first-order chi connectivity index (χ1) is 7.01. The Morgan fingerprint density at radius 3 is 2.87 bits per heavy atom. The predicted molar refractivity (Wildman–Crippen MR) is 59.7 cm³/mol. The summed E-state index contributed by atoms with van der Waals surface area (Å²) < 4.78 is 26.2. The molecule has 7 heteroatoms. The van der Waals surface area contributed by atoms with E-state index in [0.717, 1.165) is 24.2 Å². The van der Waals surface area contributed by atoms with Crippen LogP contribution in [0.15, 0.2) is 10.4 Å². The molecule has 1 aromatic heterocycles. The van der Waals surface area contributed by atoms with Crippen molar-refractivity contribution in [2.75, 3.05) is 6.54 Å². The Bertz CT molecular complexity index is 457. The van der Waals surface area contributed by atoms with Crippen LogP contribution in [-0.4, -0.2) is 30.3 Å². The third kappa shape index (κ3) is 2.04. The molecule has 1 aromatic rings. The van der Waals surface area contributed by atoms with Gasteiger partial charge in [0.25, 0.3) is 10.0 Å². The van der Waals surface area contributed by atoms with Crippen molar-refractivity contribution in [2.24, 2.45) is 0 Å². The molecule has 0 saturated carbocycles. The number of hydrogen-bond donors (Lipinski definition) is 0. The maximum Gasteiger partial charge on any atom is 0.254 e. The van der Waals surface area contributed by atoms with E-state index in [2.05, 4.69) is 4.98 Å². The molecule has 0 N–H and O–H groups in total. The summed E-state index contributed by atoms with van der Waals surface area (Å²) in [4.78, 5) is 3.76. The quantitative estimate of drug-likeness (QED) is 0.822. The topological polar surface area (TPSA) is 50.3 Å². The first-order valence-corrected chi connectivity index (χ1v) is 7.28. The first kappa shape index (κ1) is 11.3. The molecule has 1 unspecified atom stereocenters. The number of aromatic nitrogens is 1. The van der Waals surface area contributed by atoms with Crippen molar-refractivity contribution in [1.29, 1.82) is 0 Å². The van der Waals surface area contributed by atoms with Crippen LogP contribution in [0.3, 0.4) is 0 Å². The lowest BCUT2D eigenvalue weighted by Gasteiger charge is -2.19. The maximum absolute atomic E-state index is 12.1. The van der Waals surface area contributed by atoms with Crippen LogP contribution in [0.1, 0.15) is 19.8 Å². The minimum atomic E-state index is -3.36. The van der Waals surface area contributed by atoms with Crippen LogP contribution in [-0.2, 0) is 10.0 Å². The van der Waals surface area contributed by atoms with Crippen LogP contribution in [0.2, 0.25) is 4.47 Å². The molecule has 0 spiro atoms. The van der Waals surface area contributed by atoms with E-state index < -0.39 is 10.0 Å². The van der Waals surface area contributed by atoms with E-state index in [1.807, 2.05) is 6.92 Å². The number of thiazole rings is 1. The van der Waals surface area contributed by atoms with E-state index in [0.29, 0.717) is 6.54 Å². The van der Waals surface area contributed by atoms with E-state index in [1.165, 1.54) is 10.5 Å². The van der Waals surface area contributed by atoms with Crippen LogP contribution in [0.5, 0.6) is 0 Å². The van der Waals surface area contributed by atoms with Gasteiger partial charge in [0.2, 0.25) is 0 Å². The molecule has 0 bridgehead atoms. The van der Waals surface area contributed by atoms with Gasteiger partial charge in [0.1, 0.15) is 0 Å². The van der Waals surface area contributed by atoms with Crippen molar-refractivity contribution >= 4 is 33.0 Å². The van der Waals surface area contributed by atoms with Crippen LogP contribution in [0.4, 0.5) is 0 Å². The smallest absolute Gasteiger partial charge is 0.232 e. The van der Waals surface area contributed by atoms with Gasteiger partial charge >= 0.3 is 0 Å². The predicted octanol–water partition coefficient (Wildman–Crippen LogP) is 1.97. The summed E-state index contributed by atoms with van der Waals surface area (Å²) >= 11 is 6.64. The molecule has 1 aliphatic rings. The molecular weight excluding hydrogens is 256 g/mol. The second-order valence-corrected chi connectivity index (χ2v) is 7.27. The summed E-state index contributed by atoms with van der Waals surface area (Å²) in [5.41, 5.74) is 0. The van der Waals surface area contributed by atoms with E-state index in [-0.39, 0.29) is 14.7 Å². The number of rotatable bonds is 2. The molecule has 0 aromatic carbocycles. The van der Waals surface area contributed by atoms with Crippen molar-refractivity contribution < 1.29 is 8.42 Å². The van der Waals surface area contributed by atoms with Gasteiger partial charge in [-0.15, -0.1) is 0 Å². The normalized spacial score (nSPS) is 23.5. The molecule has 1 fully saturated rings. The standard InChI is InChI=1S/C8H11ClN2O2S2/c1-6-3-2-4-11(6)15(12,13)7-5-10-8(9)14-7/h5-6H,2-4H2,1H3. The summed E-state index contributed by atoms with van der Waals surface area (Å²) in [6.07, 6.45) is 3.17. The van der Waals surface area contributed by atoms with Crippen molar-refractivity contribution in [1.82, 2.24) is 9.29 Å². The van der Waals surface area contributed by atoms with Gasteiger partial charge in [-0.1, -0.05) is 22.9 Å². The third-order valence-corrected chi connectivity index (χ3v) is 6.08. The van der Waals surface area contributed by atoms with E-state index in [4.69, 9.17) is 11.6 Å². The SMILES string of the molecule is CC1CCCN1S(=O)(=O)c1cnc(Cl)s1. The molecule has 0 amide bonds. The fraction of sp³-hybridized carbons (Fsp3) is 0.625. The van der Waals surface area contributed by atoms with Gasteiger partial charge in [0.05, 0.1) is 6.20 Å². The van der Waals surface area contributed by atoms with Gasteiger partial charge < -0.3 is 0 Å². The monoisotopic (exact) mass is 266 g/mol. The zero-order valence-corrected chi connectivity index (χ0v) is 10.6. The summed E-state index contributed by atoms with van der Waals surface area (Å²) in [6.45, 7) is 2.52. The Kier molecular flexibility index (Phi) is 3.03. The first-order valence-electron chi connectivity index (χ1n) is 4.65. The van der Waals surface area contributed by atoms with Gasteiger partial charge in [-0.2, -0.15) is 4.31 Å². The number of hydrogen-bond acceptors (Lipinski definition) is 4. The zero-order chi connectivity index (χ0) is 11.1. The molecule has 15 heavy (non-hydrogen) atoms. The summed E-state index contributed by atoms with van der Waals surface area (Å²) in [5, 5.41) is 0. The molecule has 84 valence electrons. The van der Waals surface area contributed by atoms with Crippen molar-refractivity contribution in [2.45, 2.75) is 30.0 Å². The Morgan fingerprint density at radius 2 is 2.40 bits per heavy atom. The number of sulfonamides is 1. The van der Waals surface area contributed by atoms with Crippen LogP contribution in [0, 0.1) is 0 Å². The van der Waals surface area contributed by atoms with Crippen molar-refractivity contribution in [3.63, 3.8) is 0 Å². The maximum atomic E-state index is 12.1. The molecular formula is C8H11ClN2O2S2. The molecule has 0 aliphatic carbocycles. The Balaban J connectivity index is 2.34. The molecule has 2 heterocycles. The van der Waals surface area contributed by atoms with Crippen LogP contribution < -0.4 is 0 Å². The van der Waals surface area contributed by atoms with E-state index in [1.54, 1.807) is 0 Å². The third-order valence-electron chi connectivity index (χ3n) is 2.51. The van der Waals surface area contributed by atoms with Crippen LogP contribution in [0.25, 0.3) is 0 Å². The highest BCUT2D eigenvalue weighted by Gasteiger charge is 2.33. The molecule has 1 saturated heterocycles. The van der Waals surface area contributed by atoms with Gasteiger partial charge in [0, 0.05) is 12.6 Å². The highest BCUT2D eigenvalue weighted by molar-refractivity contribution is 7.91. The number of halogens is 1. The molecule has 1 aliphatic heterocycles. The molecule has 2 rings (SSSR count). The molecule has 4 nitrogen and oxygen atoms in total. The lowest BCUT2D eigenvalue weighted by molar-refractivity contribution is 0.409. The average Bonchev–Trinajstić information content (AvgIpc) is 2.74. The van der Waals surface area contributed by atoms with Gasteiger partial charge in [-0.25, -0.2) is 13.4 Å². The summed E-state index contributed by atoms with van der Waals surface area (Å²) in [7, 11) is -3.36. The summed E-state index contributed by atoms with van der Waals surface area (Å²) in [5.74, 6) is 0. The zero-order valence-electron chi connectivity index (χ0n) is 8.18. The molecule has 0 radical (unpaired) electrons. The molecule has 1 atom stereocenters. The Hall–Kier alpha value is -0.170. The minimum Gasteiger partial charge on any atom is -0.232 e. The largest absolute Gasteiger partial charge is 0.254 e. The average molecular weight is 267 g/mol. The Labute approximate surface area is 97.9 Å². The highest BCUT2D eigenvalue weighted by atomic mass is 35.5. The van der Waals surface area contributed by atoms with Gasteiger partial charge in [-0.05, 0) is 19.8 Å². The fourth-order valence-electron chi connectivity index (χ4n) is 1.74. The Morgan fingerprint density at radius 1 is 1.67 bits per heavy atom. The van der Waals surface area contributed by atoms with Crippen molar-refractivity contribution in [3.8, 4) is 0 Å². The second kappa shape index (κ2) is 4.01. The van der Waals surface area contributed by atoms with E-state index >= 15 is 0 Å². The minimum absolute atomic E-state index is 0.0795. The highest BCUT2D eigenvalue weighted by Crippen LogP contribution is 2.30. The summed E-state index contributed by atoms with van der Waals surface area (Å²) in [6, 6.07) is 0.0795. The van der Waals surface area contributed by atoms with Crippen molar-refractivity contribution in [3.05, 3.63) is 10.7 Å². The lowest BCUT2D eigenvalue weighted by Crippen LogP contribution is -2.33. The lowest BCUT2D eigenvalue weighted by atomic mass is 10.3.